The summed E-state index contributed by atoms with van der Waals surface area (Å²) in [5.41, 5.74) is 1.36. The van der Waals surface area contributed by atoms with E-state index in [0.717, 1.165) is 37.7 Å². The van der Waals surface area contributed by atoms with Gasteiger partial charge in [0.05, 0.1) is 13.2 Å². The van der Waals surface area contributed by atoms with E-state index in [0.29, 0.717) is 6.04 Å². The van der Waals surface area contributed by atoms with Gasteiger partial charge in [-0.15, -0.1) is 11.3 Å². The highest BCUT2D eigenvalue weighted by molar-refractivity contribution is 7.19. The van der Waals surface area contributed by atoms with Crippen molar-refractivity contribution in [2.24, 2.45) is 0 Å². The molecule has 20 heavy (non-hydrogen) atoms. The van der Waals surface area contributed by atoms with E-state index in [4.69, 9.17) is 9.47 Å². The van der Waals surface area contributed by atoms with Gasteiger partial charge >= 0.3 is 0 Å². The van der Waals surface area contributed by atoms with Crippen molar-refractivity contribution in [3.8, 4) is 11.5 Å². The summed E-state index contributed by atoms with van der Waals surface area (Å²) >= 11 is 1.85. The fourth-order valence-corrected chi connectivity index (χ4v) is 3.96. The summed E-state index contributed by atoms with van der Waals surface area (Å²) in [6, 6.07) is 4.67. The third kappa shape index (κ3) is 2.38. The molecular weight excluding hydrogens is 270 g/mol. The quantitative estimate of drug-likeness (QED) is 0.925. The van der Waals surface area contributed by atoms with Crippen molar-refractivity contribution in [3.05, 3.63) is 22.6 Å². The van der Waals surface area contributed by atoms with Gasteiger partial charge < -0.3 is 14.8 Å². The Hall–Kier alpha value is -1.26. The molecule has 1 N–H and O–H groups in total. The van der Waals surface area contributed by atoms with E-state index in [-0.39, 0.29) is 0 Å². The number of aryl methyl sites for hydroxylation is 1. The van der Waals surface area contributed by atoms with E-state index in [9.17, 15) is 0 Å². The van der Waals surface area contributed by atoms with E-state index in [1.807, 2.05) is 11.3 Å². The third-order valence-corrected chi connectivity index (χ3v) is 5.18. The van der Waals surface area contributed by atoms with Gasteiger partial charge in [-0.05, 0) is 37.4 Å². The normalized spacial score (nSPS) is 16.1. The van der Waals surface area contributed by atoms with Gasteiger partial charge in [0.1, 0.15) is 0 Å². The van der Waals surface area contributed by atoms with Crippen LogP contribution in [0, 0.1) is 6.92 Å². The summed E-state index contributed by atoms with van der Waals surface area (Å²) < 4.78 is 12.9. The molecule has 108 valence electrons. The lowest BCUT2D eigenvalue weighted by Crippen LogP contribution is -2.17. The molecule has 0 radical (unpaired) electrons. The number of nitrogens with one attached hydrogen (secondary N) is 1. The molecule has 4 heteroatoms. The zero-order chi connectivity index (χ0) is 14.1. The Morgan fingerprint density at radius 1 is 1.25 bits per heavy atom. The fourth-order valence-electron chi connectivity index (χ4n) is 2.71. The topological polar surface area (TPSA) is 30.5 Å². The maximum absolute atomic E-state index is 5.79. The van der Waals surface area contributed by atoms with Crippen LogP contribution in [-0.4, -0.2) is 19.8 Å². The SMILES string of the molecule is CCNC(C)c1sc2cc3c(cc2c1C)OCCCO3. The van der Waals surface area contributed by atoms with E-state index < -0.39 is 0 Å². The van der Waals surface area contributed by atoms with Crippen LogP contribution in [-0.2, 0) is 0 Å². The standard InChI is InChI=1S/C16H21NO2S/c1-4-17-11(3)16-10(2)12-8-13-14(9-15(12)20-16)19-7-5-6-18-13/h8-9,11,17H,4-7H2,1-3H3. The van der Waals surface area contributed by atoms with Crippen molar-refractivity contribution in [2.75, 3.05) is 19.8 Å². The molecule has 0 bridgehead atoms. The van der Waals surface area contributed by atoms with Gasteiger partial charge in [-0.2, -0.15) is 0 Å². The Bertz CT molecular complexity index is 620. The third-order valence-electron chi connectivity index (χ3n) is 3.75. The molecule has 2 heterocycles. The molecule has 0 aliphatic carbocycles. The molecule has 1 aliphatic rings. The lowest BCUT2D eigenvalue weighted by atomic mass is 10.1. The Kier molecular flexibility index (Phi) is 3.85. The zero-order valence-corrected chi connectivity index (χ0v) is 13.1. The molecule has 0 saturated carbocycles. The van der Waals surface area contributed by atoms with Crippen LogP contribution in [0.25, 0.3) is 10.1 Å². The number of thiophene rings is 1. The van der Waals surface area contributed by atoms with Crippen molar-refractivity contribution in [2.45, 2.75) is 33.2 Å². The number of benzene rings is 1. The number of ether oxygens (including phenoxy) is 2. The minimum Gasteiger partial charge on any atom is -0.490 e. The minimum atomic E-state index is 0.388. The fraction of sp³-hybridized carbons (Fsp3) is 0.500. The number of fused-ring (bicyclic) bond motifs is 2. The van der Waals surface area contributed by atoms with Crippen molar-refractivity contribution < 1.29 is 9.47 Å². The first-order chi connectivity index (χ1) is 9.70. The minimum absolute atomic E-state index is 0.388. The van der Waals surface area contributed by atoms with Crippen LogP contribution in [0.2, 0.25) is 0 Å². The molecule has 2 aromatic rings. The average molecular weight is 291 g/mol. The highest BCUT2D eigenvalue weighted by Crippen LogP contribution is 2.41. The van der Waals surface area contributed by atoms with Gasteiger partial charge in [-0.3, -0.25) is 0 Å². The van der Waals surface area contributed by atoms with Crippen molar-refractivity contribution in [1.82, 2.24) is 5.32 Å². The monoisotopic (exact) mass is 291 g/mol. The summed E-state index contributed by atoms with van der Waals surface area (Å²) in [6.45, 7) is 9.03. The van der Waals surface area contributed by atoms with Crippen LogP contribution in [0.5, 0.6) is 11.5 Å². The predicted octanol–water partition coefficient (Wildman–Crippen LogP) is 4.04. The molecule has 1 aromatic carbocycles. The first kappa shape index (κ1) is 13.7. The molecule has 1 aliphatic heterocycles. The number of hydrogen-bond donors (Lipinski definition) is 1. The molecule has 3 rings (SSSR count). The summed E-state index contributed by atoms with van der Waals surface area (Å²) in [7, 11) is 0. The van der Waals surface area contributed by atoms with Crippen LogP contribution < -0.4 is 14.8 Å². The van der Waals surface area contributed by atoms with Gasteiger partial charge in [0, 0.05) is 28.1 Å². The Balaban J connectivity index is 2.07. The first-order valence-electron chi connectivity index (χ1n) is 7.26. The summed E-state index contributed by atoms with van der Waals surface area (Å²) in [4.78, 5) is 1.40. The molecule has 0 saturated heterocycles. The second-order valence-corrected chi connectivity index (χ2v) is 6.30. The summed E-state index contributed by atoms with van der Waals surface area (Å²) in [5.74, 6) is 1.78. The van der Waals surface area contributed by atoms with Crippen LogP contribution >= 0.6 is 11.3 Å². The lowest BCUT2D eigenvalue weighted by Gasteiger charge is -2.11. The average Bonchev–Trinajstić information content (AvgIpc) is 2.62. The molecular formula is C16H21NO2S. The van der Waals surface area contributed by atoms with Gasteiger partial charge in [0.25, 0.3) is 0 Å². The molecule has 0 amide bonds. The zero-order valence-electron chi connectivity index (χ0n) is 12.3. The molecule has 3 nitrogen and oxygen atoms in total. The van der Waals surface area contributed by atoms with Crippen molar-refractivity contribution in [1.29, 1.82) is 0 Å². The second-order valence-electron chi connectivity index (χ2n) is 5.22. The van der Waals surface area contributed by atoms with Crippen LogP contribution in [0.3, 0.4) is 0 Å². The molecule has 1 unspecified atom stereocenters. The largest absolute Gasteiger partial charge is 0.490 e. The Labute approximate surface area is 123 Å². The second kappa shape index (κ2) is 5.62. The summed E-state index contributed by atoms with van der Waals surface area (Å²) in [6.07, 6.45) is 0.948. The maximum atomic E-state index is 5.79. The Morgan fingerprint density at radius 3 is 2.65 bits per heavy atom. The first-order valence-corrected chi connectivity index (χ1v) is 8.08. The van der Waals surface area contributed by atoms with Gasteiger partial charge in [0.2, 0.25) is 0 Å². The van der Waals surface area contributed by atoms with Crippen LogP contribution in [0.4, 0.5) is 0 Å². The van der Waals surface area contributed by atoms with Gasteiger partial charge in [0.15, 0.2) is 11.5 Å². The molecule has 1 atom stereocenters. The smallest absolute Gasteiger partial charge is 0.162 e. The highest BCUT2D eigenvalue weighted by Gasteiger charge is 2.18. The molecule has 0 fully saturated rings. The van der Waals surface area contributed by atoms with Crippen LogP contribution in [0.1, 0.15) is 36.8 Å². The van der Waals surface area contributed by atoms with E-state index in [2.05, 4.69) is 38.2 Å². The van der Waals surface area contributed by atoms with E-state index in [1.165, 1.54) is 20.5 Å². The van der Waals surface area contributed by atoms with E-state index >= 15 is 0 Å². The Morgan fingerprint density at radius 2 is 1.95 bits per heavy atom. The highest BCUT2D eigenvalue weighted by atomic mass is 32.1. The van der Waals surface area contributed by atoms with Gasteiger partial charge in [-0.1, -0.05) is 6.92 Å². The summed E-state index contributed by atoms with van der Waals surface area (Å²) in [5, 5.41) is 4.78. The molecule has 0 spiro atoms. The lowest BCUT2D eigenvalue weighted by molar-refractivity contribution is 0.297. The van der Waals surface area contributed by atoms with E-state index in [1.54, 1.807) is 0 Å². The van der Waals surface area contributed by atoms with Crippen molar-refractivity contribution in [3.63, 3.8) is 0 Å². The number of rotatable bonds is 3. The molecule has 1 aromatic heterocycles. The van der Waals surface area contributed by atoms with Crippen LogP contribution in [0.15, 0.2) is 12.1 Å². The maximum Gasteiger partial charge on any atom is 0.162 e. The predicted molar refractivity (Wildman–Crippen MR) is 84.3 cm³/mol. The number of hydrogen-bond acceptors (Lipinski definition) is 4. The van der Waals surface area contributed by atoms with Crippen molar-refractivity contribution >= 4 is 21.4 Å². The van der Waals surface area contributed by atoms with Gasteiger partial charge in [-0.25, -0.2) is 0 Å².